The number of imide groups is 1. The number of piperazine rings is 1. The fourth-order valence-corrected chi connectivity index (χ4v) is 6.48. The molecule has 2 aliphatic carbocycles. The molecule has 4 fully saturated rings. The van der Waals surface area contributed by atoms with Crippen LogP contribution in [0, 0.1) is 11.7 Å². The normalized spacial score (nSPS) is 28.0. The molecule has 3 amide bonds. The van der Waals surface area contributed by atoms with Crippen molar-refractivity contribution in [2.24, 2.45) is 5.92 Å². The molecule has 37 heavy (non-hydrogen) atoms. The summed E-state index contributed by atoms with van der Waals surface area (Å²) in [7, 11) is 0. The Morgan fingerprint density at radius 2 is 1.65 bits per heavy atom. The summed E-state index contributed by atoms with van der Waals surface area (Å²) in [6.45, 7) is 3.30. The molecule has 9 heteroatoms. The molecule has 0 spiro atoms. The van der Waals surface area contributed by atoms with Crippen LogP contribution in [0.5, 0.6) is 0 Å². The minimum absolute atomic E-state index is 0.154. The van der Waals surface area contributed by atoms with Crippen molar-refractivity contribution in [1.82, 2.24) is 15.5 Å². The average molecular weight is 514 g/mol. The van der Waals surface area contributed by atoms with Gasteiger partial charge in [0.1, 0.15) is 11.9 Å². The number of hydrogen-bond acceptors (Lipinski definition) is 6. The van der Waals surface area contributed by atoms with E-state index in [0.29, 0.717) is 29.9 Å². The van der Waals surface area contributed by atoms with Crippen LogP contribution >= 0.6 is 0 Å². The topological polar surface area (TPSA) is 93.8 Å². The van der Waals surface area contributed by atoms with Gasteiger partial charge in [0.2, 0.25) is 17.7 Å². The lowest BCUT2D eigenvalue weighted by Gasteiger charge is -2.42. The highest BCUT2D eigenvalue weighted by Gasteiger charge is 2.32. The van der Waals surface area contributed by atoms with Gasteiger partial charge in [0.25, 0.3) is 0 Å². The summed E-state index contributed by atoms with van der Waals surface area (Å²) in [5, 5.41) is 8.67. The molecule has 1 unspecified atom stereocenters. The molecule has 4 aliphatic rings. The number of rotatable bonds is 6. The average Bonchev–Trinajstić information content (AvgIpc) is 2.91. The zero-order valence-corrected chi connectivity index (χ0v) is 21.6. The van der Waals surface area contributed by atoms with Gasteiger partial charge >= 0.3 is 0 Å². The van der Waals surface area contributed by atoms with Gasteiger partial charge in [0, 0.05) is 56.3 Å². The predicted molar refractivity (Wildman–Crippen MR) is 141 cm³/mol. The van der Waals surface area contributed by atoms with Gasteiger partial charge in [-0.2, -0.15) is 0 Å². The Labute approximate surface area is 218 Å². The molecule has 0 bridgehead atoms. The molecular weight excluding hydrogens is 473 g/mol. The van der Waals surface area contributed by atoms with Crippen LogP contribution in [-0.2, 0) is 14.4 Å². The molecule has 202 valence electrons. The number of piperidine rings is 1. The second kappa shape index (κ2) is 11.8. The zero-order valence-electron chi connectivity index (χ0n) is 21.6. The van der Waals surface area contributed by atoms with Crippen LogP contribution in [0.4, 0.5) is 15.8 Å². The van der Waals surface area contributed by atoms with Gasteiger partial charge in [-0.15, -0.1) is 0 Å². The molecular formula is C28H40FN5O3. The van der Waals surface area contributed by atoms with Gasteiger partial charge in [-0.1, -0.05) is 19.3 Å². The van der Waals surface area contributed by atoms with Crippen molar-refractivity contribution in [3.63, 3.8) is 0 Å². The lowest BCUT2D eigenvalue weighted by atomic mass is 9.84. The highest BCUT2D eigenvalue weighted by Crippen LogP contribution is 2.31. The molecule has 2 aliphatic heterocycles. The number of nitrogens with one attached hydrogen (secondary N) is 3. The summed E-state index contributed by atoms with van der Waals surface area (Å²) in [5.41, 5.74) is 1.12. The fourth-order valence-electron chi connectivity index (χ4n) is 6.48. The number of hydrogen-bond donors (Lipinski definition) is 3. The molecule has 0 radical (unpaired) electrons. The summed E-state index contributed by atoms with van der Waals surface area (Å²) in [5.74, 6) is -0.523. The van der Waals surface area contributed by atoms with E-state index in [1.165, 1.54) is 25.3 Å². The number of halogens is 1. The van der Waals surface area contributed by atoms with Crippen molar-refractivity contribution in [3.05, 3.63) is 24.0 Å². The SMILES string of the molecule is O=C1CCC(Nc2ccc(N3CCN(C4CCC(C(=O)NC5CCCCC5)CC4)CC3)c(F)c2)C(=O)N1. The van der Waals surface area contributed by atoms with E-state index in [0.717, 1.165) is 64.7 Å². The predicted octanol–water partition coefficient (Wildman–Crippen LogP) is 3.17. The first-order valence-corrected chi connectivity index (χ1v) is 14.2. The van der Waals surface area contributed by atoms with Crippen LogP contribution in [0.25, 0.3) is 0 Å². The first-order chi connectivity index (χ1) is 18.0. The Morgan fingerprint density at radius 3 is 2.32 bits per heavy atom. The number of amides is 3. The number of nitrogens with zero attached hydrogens (tertiary/aromatic N) is 2. The van der Waals surface area contributed by atoms with Crippen LogP contribution in [0.3, 0.4) is 0 Å². The van der Waals surface area contributed by atoms with E-state index >= 15 is 0 Å². The maximum absolute atomic E-state index is 15.0. The number of benzene rings is 1. The minimum Gasteiger partial charge on any atom is -0.374 e. The van der Waals surface area contributed by atoms with Crippen molar-refractivity contribution in [3.8, 4) is 0 Å². The summed E-state index contributed by atoms with van der Waals surface area (Å²) in [4.78, 5) is 40.7. The van der Waals surface area contributed by atoms with Crippen molar-refractivity contribution in [2.45, 2.75) is 88.8 Å². The van der Waals surface area contributed by atoms with Gasteiger partial charge in [-0.05, 0) is 63.1 Å². The van der Waals surface area contributed by atoms with E-state index in [4.69, 9.17) is 0 Å². The van der Waals surface area contributed by atoms with E-state index in [1.807, 2.05) is 0 Å². The zero-order chi connectivity index (χ0) is 25.8. The maximum Gasteiger partial charge on any atom is 0.249 e. The highest BCUT2D eigenvalue weighted by molar-refractivity contribution is 6.01. The summed E-state index contributed by atoms with van der Waals surface area (Å²) < 4.78 is 15.0. The highest BCUT2D eigenvalue weighted by atomic mass is 19.1. The van der Waals surface area contributed by atoms with Gasteiger partial charge in [0.05, 0.1) is 5.69 Å². The van der Waals surface area contributed by atoms with Crippen LogP contribution in [-0.4, -0.2) is 66.9 Å². The van der Waals surface area contributed by atoms with E-state index in [-0.39, 0.29) is 35.9 Å². The smallest absolute Gasteiger partial charge is 0.249 e. The van der Waals surface area contributed by atoms with E-state index in [2.05, 4.69) is 25.8 Å². The van der Waals surface area contributed by atoms with E-state index in [1.54, 1.807) is 12.1 Å². The Hall–Kier alpha value is -2.68. The Bertz CT molecular complexity index is 982. The van der Waals surface area contributed by atoms with Crippen molar-refractivity contribution >= 4 is 29.1 Å². The molecule has 1 atom stereocenters. The van der Waals surface area contributed by atoms with Crippen LogP contribution in [0.2, 0.25) is 0 Å². The number of carbonyl (C=O) groups is 3. The second-order valence-corrected chi connectivity index (χ2v) is 11.2. The molecule has 1 aromatic carbocycles. The first-order valence-electron chi connectivity index (χ1n) is 14.2. The Kier molecular flexibility index (Phi) is 8.27. The molecule has 2 saturated heterocycles. The van der Waals surface area contributed by atoms with Crippen LogP contribution < -0.4 is 20.9 Å². The molecule has 2 heterocycles. The van der Waals surface area contributed by atoms with Crippen LogP contribution in [0.15, 0.2) is 18.2 Å². The largest absolute Gasteiger partial charge is 0.374 e. The fraction of sp³-hybridized carbons (Fsp3) is 0.679. The van der Waals surface area contributed by atoms with E-state index in [9.17, 15) is 18.8 Å². The van der Waals surface area contributed by atoms with Crippen molar-refractivity contribution in [2.75, 3.05) is 36.4 Å². The number of carbonyl (C=O) groups excluding carboxylic acids is 3. The molecule has 3 N–H and O–H groups in total. The molecule has 0 aromatic heterocycles. The maximum atomic E-state index is 15.0. The molecule has 2 saturated carbocycles. The Morgan fingerprint density at radius 1 is 0.919 bits per heavy atom. The van der Waals surface area contributed by atoms with Gasteiger partial charge in [0.15, 0.2) is 0 Å². The van der Waals surface area contributed by atoms with Gasteiger partial charge in [-0.3, -0.25) is 24.6 Å². The first kappa shape index (κ1) is 25.9. The molecule has 5 rings (SSSR count). The van der Waals surface area contributed by atoms with Crippen LogP contribution in [0.1, 0.15) is 70.6 Å². The van der Waals surface area contributed by atoms with Gasteiger partial charge < -0.3 is 15.5 Å². The third kappa shape index (κ3) is 6.43. The third-order valence-corrected chi connectivity index (χ3v) is 8.72. The summed E-state index contributed by atoms with van der Waals surface area (Å²) >= 11 is 0. The lowest BCUT2D eigenvalue weighted by molar-refractivity contribution is -0.133. The van der Waals surface area contributed by atoms with E-state index < -0.39 is 6.04 Å². The Balaban J connectivity index is 1.07. The second-order valence-electron chi connectivity index (χ2n) is 11.2. The third-order valence-electron chi connectivity index (χ3n) is 8.72. The monoisotopic (exact) mass is 513 g/mol. The summed E-state index contributed by atoms with van der Waals surface area (Å²) in [6, 6.07) is 5.37. The van der Waals surface area contributed by atoms with Gasteiger partial charge in [-0.25, -0.2) is 4.39 Å². The number of anilines is 2. The van der Waals surface area contributed by atoms with Crippen molar-refractivity contribution < 1.29 is 18.8 Å². The molecule has 8 nitrogen and oxygen atoms in total. The molecule has 1 aromatic rings. The lowest BCUT2D eigenvalue weighted by Crippen LogP contribution is -2.52. The minimum atomic E-state index is -0.528. The summed E-state index contributed by atoms with van der Waals surface area (Å²) in [6.07, 6.45) is 10.7. The van der Waals surface area contributed by atoms with Crippen molar-refractivity contribution in [1.29, 1.82) is 0 Å². The quantitative estimate of drug-likeness (QED) is 0.506. The standard InChI is InChI=1S/C28H40FN5O3/c29-23-18-21(30-24-11-13-26(35)32-28(24)37)8-12-25(23)34-16-14-33(15-17-34)22-9-6-19(7-10-22)27(36)31-20-4-2-1-3-5-20/h8,12,18-20,22,24,30H,1-7,9-11,13-17H2,(H,31,36)(H,32,35,37).